The van der Waals surface area contributed by atoms with Crippen LogP contribution in [-0.2, 0) is 111 Å². The molecule has 6 aromatic rings. The lowest BCUT2D eigenvalue weighted by Gasteiger charge is -2.34. The van der Waals surface area contributed by atoms with E-state index >= 15 is 0 Å². The molecule has 600 valence electrons. The highest BCUT2D eigenvalue weighted by Gasteiger charge is 2.58. The predicted molar refractivity (Wildman–Crippen MR) is 407 cm³/mol. The summed E-state index contributed by atoms with van der Waals surface area (Å²) in [6.45, 7) is -5.15. The minimum Gasteiger partial charge on any atom is -0.479 e. The standard InChI is InChI=1S/C78H90B3N9O24/c91-64(40-82-70(100)106-46-55-22-7-1-8-23-55)88-43-61(76(52-88,67(94)95)85-73(103)109-49-58-28-13-4-14-29-58)34-19-37-79-112-80(38-20-35-62-44-89(65(92)41-83-71(101)107-47-56-24-9-2-10-25-56)53-77(62,68(96)97)86-74(104)110-50-59-30-15-5-16-31-59)114-81(113-79)39-21-36-63-45-90(66(93)42-84-72(102)108-48-57-26-11-3-12-27-57)54-78(63,69(98)99)87-75(105)111-51-60-32-17-6-18-33-60/h1-18,22-33,61-63H,19-21,34-54H2,(H,82,100)(H,83,101)(H,84,102)(H,85,103)(H,86,104)(H,87,105)(H,94,95)(H,96,97)(H,98,99)/t61-,62-,63-,76-,77-,78-/m0/s1. The van der Waals surface area contributed by atoms with Gasteiger partial charge in [-0.15, -0.1) is 0 Å². The van der Waals surface area contributed by atoms with Gasteiger partial charge in [0.15, 0.2) is 16.6 Å². The van der Waals surface area contributed by atoms with Gasteiger partial charge in [-0.1, -0.05) is 201 Å². The number of amides is 9. The molecule has 10 rings (SSSR count). The predicted octanol–water partition coefficient (Wildman–Crippen LogP) is 7.26. The van der Waals surface area contributed by atoms with Crippen LogP contribution in [0, 0.1) is 17.8 Å². The van der Waals surface area contributed by atoms with Gasteiger partial charge in [-0.2, -0.15) is 0 Å². The number of rotatable bonds is 36. The number of carbonyl (C=O) groups excluding carboxylic acids is 9. The minimum atomic E-state index is -2.16. The summed E-state index contributed by atoms with van der Waals surface area (Å²) >= 11 is 0. The number of alkyl carbamates (subject to hydrolysis) is 6. The number of carboxylic acids is 3. The first-order valence-corrected chi connectivity index (χ1v) is 37.4. The van der Waals surface area contributed by atoms with Gasteiger partial charge in [0.2, 0.25) is 17.7 Å². The van der Waals surface area contributed by atoms with Crippen LogP contribution in [-0.4, -0.2) is 199 Å². The topological polar surface area (TPSA) is 430 Å². The third kappa shape index (κ3) is 24.2. The molecule has 0 bridgehead atoms. The molecule has 4 aliphatic rings. The number of hydrogen-bond donors (Lipinski definition) is 9. The highest BCUT2D eigenvalue weighted by Crippen LogP contribution is 2.38. The van der Waals surface area contributed by atoms with E-state index in [4.69, 9.17) is 42.1 Å². The van der Waals surface area contributed by atoms with Crippen LogP contribution in [0.5, 0.6) is 0 Å². The van der Waals surface area contributed by atoms with Crippen molar-refractivity contribution in [1.82, 2.24) is 46.6 Å². The molecule has 4 saturated heterocycles. The van der Waals surface area contributed by atoms with Crippen molar-refractivity contribution >= 4 is 93.5 Å². The summed E-state index contributed by atoms with van der Waals surface area (Å²) in [6, 6.07) is 52.2. The van der Waals surface area contributed by atoms with Crippen molar-refractivity contribution < 1.29 is 115 Å². The van der Waals surface area contributed by atoms with Gasteiger partial charge < -0.3 is 104 Å². The molecule has 9 amide bonds. The summed E-state index contributed by atoms with van der Waals surface area (Å²) in [5, 5.41) is 48.4. The third-order valence-corrected chi connectivity index (χ3v) is 20.2. The van der Waals surface area contributed by atoms with Gasteiger partial charge in [0.05, 0.1) is 19.6 Å². The van der Waals surface area contributed by atoms with Crippen LogP contribution < -0.4 is 31.9 Å². The number of carbonyl (C=O) groups is 12. The van der Waals surface area contributed by atoms with E-state index in [1.54, 1.807) is 182 Å². The van der Waals surface area contributed by atoms with Gasteiger partial charge in [0.25, 0.3) is 0 Å². The van der Waals surface area contributed by atoms with Crippen molar-refractivity contribution in [1.29, 1.82) is 0 Å². The molecule has 0 radical (unpaired) electrons. The van der Waals surface area contributed by atoms with Gasteiger partial charge in [0, 0.05) is 37.4 Å². The van der Waals surface area contributed by atoms with Crippen LogP contribution in [0.1, 0.15) is 71.9 Å². The van der Waals surface area contributed by atoms with Crippen LogP contribution >= 0.6 is 0 Å². The van der Waals surface area contributed by atoms with E-state index in [1.807, 2.05) is 0 Å². The van der Waals surface area contributed by atoms with E-state index in [2.05, 4.69) is 31.9 Å². The van der Waals surface area contributed by atoms with Crippen LogP contribution in [0.25, 0.3) is 0 Å². The molecule has 0 saturated carbocycles. The van der Waals surface area contributed by atoms with E-state index < -0.39 is 167 Å². The lowest BCUT2D eigenvalue weighted by atomic mass is 9.63. The zero-order valence-electron chi connectivity index (χ0n) is 62.5. The molecule has 4 aliphatic heterocycles. The molecule has 4 fully saturated rings. The quantitative estimate of drug-likeness (QED) is 0.0138. The first-order chi connectivity index (χ1) is 55.1. The Balaban J connectivity index is 0.867. The fourth-order valence-electron chi connectivity index (χ4n) is 14.2. The molecule has 114 heavy (non-hydrogen) atoms. The molecule has 36 heteroatoms. The first-order valence-electron chi connectivity index (χ1n) is 37.4. The molecule has 0 aromatic heterocycles. The van der Waals surface area contributed by atoms with Crippen molar-refractivity contribution in [3.8, 4) is 0 Å². The number of hydrogen-bond acceptors (Lipinski definition) is 21. The number of nitrogens with one attached hydrogen (secondary N) is 6. The maximum atomic E-state index is 14.0. The van der Waals surface area contributed by atoms with Crippen molar-refractivity contribution in [3.05, 3.63) is 215 Å². The molecule has 6 atom stereocenters. The molecule has 0 aliphatic carbocycles. The molecular formula is C78H90B3N9O24. The molecule has 9 N–H and O–H groups in total. The highest BCUT2D eigenvalue weighted by atomic mass is 16.7. The number of benzene rings is 6. The molecule has 0 unspecified atom stereocenters. The van der Waals surface area contributed by atoms with Crippen LogP contribution in [0.15, 0.2) is 182 Å². The maximum absolute atomic E-state index is 14.0. The zero-order chi connectivity index (χ0) is 80.9. The fourth-order valence-corrected chi connectivity index (χ4v) is 14.2. The Morgan fingerprint density at radius 3 is 0.728 bits per heavy atom. The van der Waals surface area contributed by atoms with Gasteiger partial charge in [-0.05, 0) is 71.6 Å². The number of nitrogens with zero attached hydrogens (tertiary/aromatic N) is 3. The average molecular weight is 1570 g/mol. The summed E-state index contributed by atoms with van der Waals surface area (Å²) in [5.41, 5.74) is -2.63. The Morgan fingerprint density at radius 2 is 0.526 bits per heavy atom. The normalized spacial score (nSPS) is 19.6. The van der Waals surface area contributed by atoms with Crippen molar-refractivity contribution in [2.24, 2.45) is 17.8 Å². The molecule has 6 aromatic carbocycles. The molecule has 33 nitrogen and oxygen atoms in total. The minimum absolute atomic E-state index is 0.000886. The van der Waals surface area contributed by atoms with Crippen molar-refractivity contribution in [2.75, 3.05) is 58.9 Å². The second kappa shape index (κ2) is 41.4. The summed E-state index contributed by atoms with van der Waals surface area (Å²) in [5.74, 6) is -9.67. The van der Waals surface area contributed by atoms with Crippen LogP contribution in [0.3, 0.4) is 0 Å². The van der Waals surface area contributed by atoms with E-state index in [9.17, 15) is 72.9 Å². The Kier molecular flexibility index (Phi) is 30.6. The largest absolute Gasteiger partial charge is 0.479 e. The monoisotopic (exact) mass is 1570 g/mol. The van der Waals surface area contributed by atoms with Crippen molar-refractivity contribution in [2.45, 2.75) is 114 Å². The smallest absolute Gasteiger partial charge is 0.429 e. The Bertz CT molecular complexity index is 3830. The van der Waals surface area contributed by atoms with E-state index in [0.29, 0.717) is 33.4 Å². The molecular weight excluding hydrogens is 1480 g/mol. The highest BCUT2D eigenvalue weighted by molar-refractivity contribution is 6.73. The number of aliphatic carboxylic acids is 3. The molecule has 0 spiro atoms. The van der Waals surface area contributed by atoms with Crippen molar-refractivity contribution in [3.63, 3.8) is 0 Å². The van der Waals surface area contributed by atoms with Gasteiger partial charge >= 0.3 is 75.8 Å². The van der Waals surface area contributed by atoms with E-state index in [1.165, 1.54) is 14.7 Å². The number of carboxylic acid groups (broad SMARTS) is 3. The zero-order valence-corrected chi connectivity index (χ0v) is 62.5. The lowest BCUT2D eigenvalue weighted by molar-refractivity contribution is -0.147. The Morgan fingerprint density at radius 1 is 0.325 bits per heavy atom. The van der Waals surface area contributed by atoms with Gasteiger partial charge in [-0.25, -0.2) is 43.2 Å². The lowest BCUT2D eigenvalue weighted by Crippen LogP contribution is -2.60. The number of ether oxygens (including phenoxy) is 6. The Labute approximate surface area is 658 Å². The Hall–Kier alpha value is -12.2. The summed E-state index contributed by atoms with van der Waals surface area (Å²) in [6.07, 6.45) is -5.82. The van der Waals surface area contributed by atoms with Gasteiger partial charge in [0.1, 0.15) is 59.3 Å². The third-order valence-electron chi connectivity index (χ3n) is 20.2. The first kappa shape index (κ1) is 84.3. The summed E-state index contributed by atoms with van der Waals surface area (Å²) in [4.78, 5) is 166. The summed E-state index contributed by atoms with van der Waals surface area (Å²) < 4.78 is 51.9. The van der Waals surface area contributed by atoms with E-state index in [0.717, 1.165) is 0 Å². The fraction of sp³-hybridized carbons (Fsp3) is 0.385. The SMILES string of the molecule is O=C(NCC(=O)N1C[C@H](CCCB2OB(CCC[C@H]3CN(C(=O)CNC(=O)OCc4ccccc4)C[C@@]3(NC(=O)OCc3ccccc3)C(=O)O)OB(CCC[C@H]3CN(C(=O)CNC(=O)OCc4ccccc4)C[C@@]3(NC(=O)OCc3ccccc3)C(=O)O)O2)[C@](NC(=O)OCc2ccccc2)(C(=O)O)C1)OCc1ccccc1. The van der Waals surface area contributed by atoms with Crippen LogP contribution in [0.2, 0.25) is 19.0 Å². The van der Waals surface area contributed by atoms with E-state index in [-0.39, 0.29) is 117 Å². The molecule has 4 heterocycles. The second-order valence-corrected chi connectivity index (χ2v) is 28.0. The average Bonchev–Trinajstić information content (AvgIpc) is 1.64. The number of likely N-dealkylation sites (tertiary alicyclic amines) is 3. The maximum Gasteiger partial charge on any atom is 0.429 e. The second-order valence-electron chi connectivity index (χ2n) is 28.0. The van der Waals surface area contributed by atoms with Gasteiger partial charge in [-0.3, -0.25) is 14.4 Å². The van der Waals surface area contributed by atoms with Crippen LogP contribution in [0.4, 0.5) is 28.8 Å². The summed E-state index contributed by atoms with van der Waals surface area (Å²) in [7, 11) is -3.50.